The first-order valence-electron chi connectivity index (χ1n) is 11.3. The molecule has 0 radical (unpaired) electrons. The molecule has 0 spiro atoms. The number of nitrogens with one attached hydrogen (secondary N) is 3. The Labute approximate surface area is 221 Å². The molecule has 11 heteroatoms. The topological polar surface area (TPSA) is 123 Å². The van der Waals surface area contributed by atoms with Crippen molar-refractivity contribution < 1.29 is 27.5 Å². The van der Waals surface area contributed by atoms with Gasteiger partial charge in [0.05, 0.1) is 25.0 Å². The van der Waals surface area contributed by atoms with Crippen molar-refractivity contribution in [1.82, 2.24) is 5.32 Å². The number of rotatable bonds is 11. The summed E-state index contributed by atoms with van der Waals surface area (Å²) < 4.78 is 37.9. The molecule has 3 rings (SSSR count). The zero-order valence-electron chi connectivity index (χ0n) is 20.1. The number of ether oxygens (including phenoxy) is 2. The number of thiocarbonyl (C=S) groups is 1. The Bertz CT molecular complexity index is 1310. The second-order valence-electron chi connectivity index (χ2n) is 7.82. The number of hydrogen-bond acceptors (Lipinski definition) is 7. The summed E-state index contributed by atoms with van der Waals surface area (Å²) in [6.45, 7) is 0.242. The van der Waals surface area contributed by atoms with E-state index in [0.29, 0.717) is 23.5 Å². The van der Waals surface area contributed by atoms with Crippen molar-refractivity contribution in [1.29, 1.82) is 0 Å². The Balaban J connectivity index is 1.40. The quantitative estimate of drug-likeness (QED) is 0.247. The lowest BCUT2D eigenvalue weighted by Crippen LogP contribution is -2.34. The first kappa shape index (κ1) is 27.6. The minimum absolute atomic E-state index is 0.0226. The fourth-order valence-electron chi connectivity index (χ4n) is 3.16. The Hall–Kier alpha value is -3.96. The second kappa shape index (κ2) is 13.4. The maximum Gasteiger partial charge on any atom is 0.306 e. The average Bonchev–Trinajstić information content (AvgIpc) is 2.88. The van der Waals surface area contributed by atoms with Crippen LogP contribution in [0.2, 0.25) is 0 Å². The summed E-state index contributed by atoms with van der Waals surface area (Å²) in [4.78, 5) is 24.0. The molecule has 0 aliphatic carbocycles. The maximum absolute atomic E-state index is 12.6. The van der Waals surface area contributed by atoms with Gasteiger partial charge >= 0.3 is 5.97 Å². The van der Waals surface area contributed by atoms with Gasteiger partial charge in [-0.25, -0.2) is 8.42 Å². The molecule has 0 saturated carbocycles. The molecule has 0 saturated heterocycles. The van der Waals surface area contributed by atoms with Crippen molar-refractivity contribution in [3.8, 4) is 5.75 Å². The zero-order valence-corrected chi connectivity index (χ0v) is 21.7. The highest BCUT2D eigenvalue weighted by molar-refractivity contribution is 7.92. The van der Waals surface area contributed by atoms with Crippen molar-refractivity contribution in [2.24, 2.45) is 0 Å². The summed E-state index contributed by atoms with van der Waals surface area (Å²) in [5.41, 5.74) is 1.93. The van der Waals surface area contributed by atoms with Crippen molar-refractivity contribution in [2.45, 2.75) is 24.2 Å². The molecular formula is C26H27N3O6S2. The highest BCUT2D eigenvalue weighted by Crippen LogP contribution is 2.20. The van der Waals surface area contributed by atoms with E-state index in [9.17, 15) is 18.0 Å². The molecule has 0 atom stereocenters. The van der Waals surface area contributed by atoms with Gasteiger partial charge in [0.25, 0.3) is 10.0 Å². The SMILES string of the molecule is COc1ccc(NS(=O)(=O)c2ccc(NC(=S)NC(=O)CCC(=O)OCCc3ccccc3)cc2)cc1. The summed E-state index contributed by atoms with van der Waals surface area (Å²) in [5.74, 6) is -0.300. The van der Waals surface area contributed by atoms with Gasteiger partial charge in [0.2, 0.25) is 5.91 Å². The van der Waals surface area contributed by atoms with Gasteiger partial charge in [-0.15, -0.1) is 0 Å². The molecule has 37 heavy (non-hydrogen) atoms. The lowest BCUT2D eigenvalue weighted by atomic mass is 10.2. The molecule has 3 N–H and O–H groups in total. The summed E-state index contributed by atoms with van der Waals surface area (Å²) in [5, 5.41) is 5.32. The van der Waals surface area contributed by atoms with E-state index >= 15 is 0 Å². The van der Waals surface area contributed by atoms with Gasteiger partial charge in [-0.2, -0.15) is 0 Å². The summed E-state index contributed by atoms with van der Waals surface area (Å²) in [7, 11) is -2.28. The van der Waals surface area contributed by atoms with E-state index in [4.69, 9.17) is 21.7 Å². The van der Waals surface area contributed by atoms with Crippen LogP contribution in [0.5, 0.6) is 5.75 Å². The minimum Gasteiger partial charge on any atom is -0.497 e. The molecule has 3 aromatic rings. The van der Waals surface area contributed by atoms with Crippen LogP contribution in [0.3, 0.4) is 0 Å². The number of anilines is 2. The molecule has 0 fully saturated rings. The number of hydrogen-bond donors (Lipinski definition) is 3. The van der Waals surface area contributed by atoms with Gasteiger partial charge in [-0.1, -0.05) is 30.3 Å². The standard InChI is InChI=1S/C26H27N3O6S2/c1-34-22-11-7-21(8-12-22)29-37(32,33)23-13-9-20(10-14-23)27-26(36)28-24(30)15-16-25(31)35-18-17-19-5-3-2-4-6-19/h2-14,29H,15-18H2,1H3,(H2,27,28,30,36). The van der Waals surface area contributed by atoms with Crippen LogP contribution < -0.4 is 20.1 Å². The molecule has 0 heterocycles. The van der Waals surface area contributed by atoms with Crippen molar-refractivity contribution in [2.75, 3.05) is 23.8 Å². The molecule has 194 valence electrons. The third-order valence-corrected chi connectivity index (χ3v) is 6.67. The molecule has 0 aliphatic rings. The van der Waals surface area contributed by atoms with Gasteiger partial charge in [-0.3, -0.25) is 14.3 Å². The largest absolute Gasteiger partial charge is 0.497 e. The minimum atomic E-state index is -3.80. The van der Waals surface area contributed by atoms with Gasteiger partial charge in [-0.05, 0) is 66.3 Å². The molecule has 9 nitrogen and oxygen atoms in total. The third kappa shape index (κ3) is 9.21. The van der Waals surface area contributed by atoms with E-state index in [1.807, 2.05) is 30.3 Å². The average molecular weight is 542 g/mol. The molecule has 0 bridgehead atoms. The molecular weight excluding hydrogens is 514 g/mol. The molecule has 0 aromatic heterocycles. The fraction of sp³-hybridized carbons (Fsp3) is 0.192. The number of methoxy groups -OCH3 is 1. The van der Waals surface area contributed by atoms with Crippen molar-refractivity contribution in [3.63, 3.8) is 0 Å². The Kier molecular flexibility index (Phi) is 9.99. The summed E-state index contributed by atoms with van der Waals surface area (Å²) in [6.07, 6.45) is 0.446. The van der Waals surface area contributed by atoms with E-state index in [1.165, 1.54) is 31.4 Å². The zero-order chi connectivity index (χ0) is 26.7. The lowest BCUT2D eigenvalue weighted by Gasteiger charge is -2.11. The second-order valence-corrected chi connectivity index (χ2v) is 9.91. The maximum atomic E-state index is 12.6. The first-order valence-corrected chi connectivity index (χ1v) is 13.2. The van der Waals surface area contributed by atoms with Crippen LogP contribution in [0.4, 0.5) is 11.4 Å². The predicted octanol–water partition coefficient (Wildman–Crippen LogP) is 3.88. The van der Waals surface area contributed by atoms with E-state index in [-0.39, 0.29) is 29.5 Å². The van der Waals surface area contributed by atoms with Crippen LogP contribution >= 0.6 is 12.2 Å². The van der Waals surface area contributed by atoms with Gasteiger partial charge in [0, 0.05) is 24.2 Å². The number of benzene rings is 3. The van der Waals surface area contributed by atoms with Gasteiger partial charge in [0.1, 0.15) is 5.75 Å². The Morgan fingerprint density at radius 3 is 2.16 bits per heavy atom. The predicted molar refractivity (Wildman–Crippen MR) is 145 cm³/mol. The van der Waals surface area contributed by atoms with Gasteiger partial charge < -0.3 is 20.1 Å². The normalized spacial score (nSPS) is 10.7. The van der Waals surface area contributed by atoms with Crippen LogP contribution in [0.1, 0.15) is 18.4 Å². The van der Waals surface area contributed by atoms with E-state index in [1.54, 1.807) is 24.3 Å². The van der Waals surface area contributed by atoms with Gasteiger partial charge in [0.15, 0.2) is 5.11 Å². The molecule has 3 aromatic carbocycles. The fourth-order valence-corrected chi connectivity index (χ4v) is 4.45. The van der Waals surface area contributed by atoms with E-state index in [2.05, 4.69) is 15.4 Å². The number of esters is 1. The third-order valence-electron chi connectivity index (χ3n) is 5.07. The molecule has 1 amide bonds. The van der Waals surface area contributed by atoms with Crippen LogP contribution in [-0.4, -0.2) is 39.1 Å². The first-order chi connectivity index (χ1) is 17.7. The Morgan fingerprint density at radius 2 is 1.51 bits per heavy atom. The van der Waals surface area contributed by atoms with Crippen LogP contribution in [-0.2, 0) is 30.8 Å². The van der Waals surface area contributed by atoms with E-state index < -0.39 is 21.9 Å². The van der Waals surface area contributed by atoms with E-state index in [0.717, 1.165) is 5.56 Å². The summed E-state index contributed by atoms with van der Waals surface area (Å²) in [6, 6.07) is 22.0. The lowest BCUT2D eigenvalue weighted by molar-refractivity contribution is -0.144. The number of carbonyl (C=O) groups is 2. The van der Waals surface area contributed by atoms with Crippen LogP contribution in [0.25, 0.3) is 0 Å². The summed E-state index contributed by atoms with van der Waals surface area (Å²) >= 11 is 5.13. The van der Waals surface area contributed by atoms with Crippen molar-refractivity contribution >= 4 is 50.6 Å². The monoisotopic (exact) mass is 541 g/mol. The number of amides is 1. The van der Waals surface area contributed by atoms with Crippen LogP contribution in [0.15, 0.2) is 83.8 Å². The van der Waals surface area contributed by atoms with Crippen LogP contribution in [0, 0.1) is 0 Å². The molecule has 0 unspecified atom stereocenters. The van der Waals surface area contributed by atoms with Crippen molar-refractivity contribution in [3.05, 3.63) is 84.4 Å². The highest BCUT2D eigenvalue weighted by Gasteiger charge is 2.15. The molecule has 0 aliphatic heterocycles. The smallest absolute Gasteiger partial charge is 0.306 e. The number of carbonyl (C=O) groups excluding carboxylic acids is 2. The Morgan fingerprint density at radius 1 is 0.865 bits per heavy atom. The highest BCUT2D eigenvalue weighted by atomic mass is 32.2. The number of sulfonamides is 1.